The average Bonchev–Trinajstić information content (AvgIpc) is 2.86. The molecule has 0 aliphatic heterocycles. The Kier molecular flexibility index (Phi) is 4.36. The van der Waals surface area contributed by atoms with Gasteiger partial charge in [0.1, 0.15) is 0 Å². The first-order chi connectivity index (χ1) is 9.63. The number of anilines is 1. The molecule has 1 atom stereocenters. The number of rotatable bonds is 3. The number of nitrogens with one attached hydrogen (secondary N) is 1. The van der Waals surface area contributed by atoms with Gasteiger partial charge in [0, 0.05) is 19.0 Å². The van der Waals surface area contributed by atoms with Gasteiger partial charge < -0.3 is 5.32 Å². The lowest BCUT2D eigenvalue weighted by molar-refractivity contribution is 0.696. The predicted molar refractivity (Wildman–Crippen MR) is 96.9 cm³/mol. The Hall–Kier alpha value is -0.550. The summed E-state index contributed by atoms with van der Waals surface area (Å²) in [6.45, 7) is 4.45. The van der Waals surface area contributed by atoms with Crippen LogP contribution in [-0.4, -0.2) is 0 Å². The molecule has 0 saturated carbocycles. The summed E-state index contributed by atoms with van der Waals surface area (Å²) < 4.78 is 1.30. The molecule has 1 unspecified atom stereocenters. The number of aryl methyl sites for hydroxylation is 3. The Morgan fingerprint density at radius 3 is 2.75 bits per heavy atom. The summed E-state index contributed by atoms with van der Waals surface area (Å²) in [6.07, 6.45) is 5.29. The normalized spacial score (nSPS) is 15.8. The van der Waals surface area contributed by atoms with E-state index in [1.807, 2.05) is 11.3 Å². The van der Waals surface area contributed by atoms with Gasteiger partial charge in [-0.3, -0.25) is 0 Å². The van der Waals surface area contributed by atoms with Crippen LogP contribution in [0.2, 0.25) is 0 Å². The highest BCUT2D eigenvalue weighted by Crippen LogP contribution is 2.34. The van der Waals surface area contributed by atoms with Crippen molar-refractivity contribution >= 4 is 39.6 Å². The standard InChI is InChI=1S/C17H20INS/c1-11-9-14(18)7-8-15(11)19-12(2)17-10-13-5-3-4-6-16(13)20-17/h7-10,12,19H,3-6H2,1-2H3. The second-order valence-corrected chi connectivity index (χ2v) is 8.04. The molecule has 0 bridgehead atoms. The van der Waals surface area contributed by atoms with Crippen molar-refractivity contribution in [1.29, 1.82) is 0 Å². The van der Waals surface area contributed by atoms with Gasteiger partial charge in [0.15, 0.2) is 0 Å². The fourth-order valence-electron chi connectivity index (χ4n) is 2.82. The van der Waals surface area contributed by atoms with Gasteiger partial charge in [0.2, 0.25) is 0 Å². The summed E-state index contributed by atoms with van der Waals surface area (Å²) in [5, 5.41) is 3.67. The number of fused-ring (bicyclic) bond motifs is 1. The maximum absolute atomic E-state index is 3.67. The lowest BCUT2D eigenvalue weighted by Gasteiger charge is -2.16. The third-order valence-corrected chi connectivity index (χ3v) is 6.09. The van der Waals surface area contributed by atoms with Gasteiger partial charge in [-0.2, -0.15) is 0 Å². The molecular weight excluding hydrogens is 377 g/mol. The zero-order valence-electron chi connectivity index (χ0n) is 12.0. The van der Waals surface area contributed by atoms with Gasteiger partial charge >= 0.3 is 0 Å². The van der Waals surface area contributed by atoms with E-state index in [1.54, 1.807) is 10.4 Å². The molecule has 2 aromatic rings. The maximum atomic E-state index is 3.67. The van der Waals surface area contributed by atoms with E-state index >= 15 is 0 Å². The molecule has 0 fully saturated rings. The highest BCUT2D eigenvalue weighted by molar-refractivity contribution is 14.1. The zero-order chi connectivity index (χ0) is 14.1. The Balaban J connectivity index is 1.78. The Morgan fingerprint density at radius 1 is 1.20 bits per heavy atom. The van der Waals surface area contributed by atoms with Crippen molar-refractivity contribution in [2.75, 3.05) is 5.32 Å². The van der Waals surface area contributed by atoms with Crippen molar-refractivity contribution in [2.24, 2.45) is 0 Å². The van der Waals surface area contributed by atoms with Crippen LogP contribution in [0.5, 0.6) is 0 Å². The molecule has 0 amide bonds. The lowest BCUT2D eigenvalue weighted by atomic mass is 9.99. The predicted octanol–water partition coefficient (Wildman–Crippen LogP) is 5.71. The minimum atomic E-state index is 0.393. The molecule has 1 nitrogen and oxygen atoms in total. The van der Waals surface area contributed by atoms with Gasteiger partial charge in [-0.15, -0.1) is 11.3 Å². The van der Waals surface area contributed by atoms with Crippen LogP contribution in [0.25, 0.3) is 0 Å². The molecule has 1 aliphatic rings. The van der Waals surface area contributed by atoms with Crippen molar-refractivity contribution in [3.8, 4) is 0 Å². The van der Waals surface area contributed by atoms with Gasteiger partial charge in [-0.1, -0.05) is 0 Å². The van der Waals surface area contributed by atoms with Gasteiger partial charge in [-0.05, 0) is 97.5 Å². The number of hydrogen-bond acceptors (Lipinski definition) is 2. The molecule has 106 valence electrons. The van der Waals surface area contributed by atoms with Crippen molar-refractivity contribution in [2.45, 2.75) is 45.6 Å². The minimum absolute atomic E-state index is 0.393. The molecule has 1 aromatic heterocycles. The summed E-state index contributed by atoms with van der Waals surface area (Å²) in [5.74, 6) is 0. The Morgan fingerprint density at radius 2 is 2.00 bits per heavy atom. The highest BCUT2D eigenvalue weighted by Gasteiger charge is 2.16. The van der Waals surface area contributed by atoms with E-state index < -0.39 is 0 Å². The van der Waals surface area contributed by atoms with Crippen LogP contribution in [0.15, 0.2) is 24.3 Å². The third-order valence-electron chi connectivity index (χ3n) is 4.00. The highest BCUT2D eigenvalue weighted by atomic mass is 127. The molecule has 1 heterocycles. The minimum Gasteiger partial charge on any atom is -0.377 e. The molecule has 3 heteroatoms. The second-order valence-electron chi connectivity index (χ2n) is 5.63. The van der Waals surface area contributed by atoms with E-state index in [4.69, 9.17) is 0 Å². The summed E-state index contributed by atoms with van der Waals surface area (Å²) >= 11 is 4.37. The molecular formula is C17H20INS. The van der Waals surface area contributed by atoms with Crippen LogP contribution in [0.1, 0.15) is 46.7 Å². The first kappa shape index (κ1) is 14.4. The molecule has 1 aliphatic carbocycles. The molecule has 0 radical (unpaired) electrons. The molecule has 3 rings (SSSR count). The summed E-state index contributed by atoms with van der Waals surface area (Å²) in [5.41, 5.74) is 4.18. The average molecular weight is 397 g/mol. The molecule has 1 N–H and O–H groups in total. The summed E-state index contributed by atoms with van der Waals surface area (Å²) in [4.78, 5) is 3.11. The Bertz CT molecular complexity index is 594. The van der Waals surface area contributed by atoms with E-state index in [2.05, 4.69) is 66.0 Å². The monoisotopic (exact) mass is 397 g/mol. The molecule has 0 saturated heterocycles. The van der Waals surface area contributed by atoms with E-state index in [0.29, 0.717) is 6.04 Å². The van der Waals surface area contributed by atoms with Crippen LogP contribution in [0.4, 0.5) is 5.69 Å². The Labute approximate surface area is 138 Å². The lowest BCUT2D eigenvalue weighted by Crippen LogP contribution is -2.06. The summed E-state index contributed by atoms with van der Waals surface area (Å²) in [7, 11) is 0. The molecule has 0 spiro atoms. The number of hydrogen-bond donors (Lipinski definition) is 1. The van der Waals surface area contributed by atoms with Crippen molar-refractivity contribution in [3.05, 3.63) is 48.7 Å². The first-order valence-electron chi connectivity index (χ1n) is 7.27. The quantitative estimate of drug-likeness (QED) is 0.654. The summed E-state index contributed by atoms with van der Waals surface area (Å²) in [6, 6.07) is 9.42. The van der Waals surface area contributed by atoms with E-state index in [1.165, 1.54) is 45.4 Å². The zero-order valence-corrected chi connectivity index (χ0v) is 15.0. The van der Waals surface area contributed by atoms with Crippen LogP contribution >= 0.6 is 33.9 Å². The SMILES string of the molecule is Cc1cc(I)ccc1NC(C)c1cc2c(s1)CCCC2. The third kappa shape index (κ3) is 3.03. The number of halogens is 1. The van der Waals surface area contributed by atoms with Crippen molar-refractivity contribution in [3.63, 3.8) is 0 Å². The second kappa shape index (κ2) is 6.06. The topological polar surface area (TPSA) is 12.0 Å². The fourth-order valence-corrected chi connectivity index (χ4v) is 4.73. The van der Waals surface area contributed by atoms with Gasteiger partial charge in [-0.25, -0.2) is 0 Å². The van der Waals surface area contributed by atoms with Gasteiger partial charge in [0.05, 0.1) is 6.04 Å². The van der Waals surface area contributed by atoms with Crippen molar-refractivity contribution < 1.29 is 0 Å². The fraction of sp³-hybridized carbons (Fsp3) is 0.412. The number of benzene rings is 1. The molecule has 20 heavy (non-hydrogen) atoms. The smallest absolute Gasteiger partial charge is 0.0578 e. The number of thiophene rings is 1. The largest absolute Gasteiger partial charge is 0.377 e. The van der Waals surface area contributed by atoms with Crippen LogP contribution in [0.3, 0.4) is 0 Å². The first-order valence-corrected chi connectivity index (χ1v) is 9.17. The molecule has 1 aromatic carbocycles. The van der Waals surface area contributed by atoms with Crippen LogP contribution in [0, 0.1) is 10.5 Å². The van der Waals surface area contributed by atoms with Crippen LogP contribution in [-0.2, 0) is 12.8 Å². The van der Waals surface area contributed by atoms with E-state index in [-0.39, 0.29) is 0 Å². The van der Waals surface area contributed by atoms with Gasteiger partial charge in [0.25, 0.3) is 0 Å². The van der Waals surface area contributed by atoms with E-state index in [0.717, 1.165) is 0 Å². The van der Waals surface area contributed by atoms with Crippen molar-refractivity contribution in [1.82, 2.24) is 0 Å². The van der Waals surface area contributed by atoms with Crippen LogP contribution < -0.4 is 5.32 Å². The maximum Gasteiger partial charge on any atom is 0.0578 e. The van der Waals surface area contributed by atoms with E-state index in [9.17, 15) is 0 Å².